The first-order chi connectivity index (χ1) is 11.1. The van der Waals surface area contributed by atoms with E-state index in [-0.39, 0.29) is 11.9 Å². The van der Waals surface area contributed by atoms with Crippen LogP contribution in [0.5, 0.6) is 5.75 Å². The van der Waals surface area contributed by atoms with Crippen molar-refractivity contribution in [2.45, 2.75) is 19.4 Å². The third-order valence-electron chi connectivity index (χ3n) is 3.43. The molecule has 23 heavy (non-hydrogen) atoms. The number of hydrogen-bond acceptors (Lipinski definition) is 4. The van der Waals surface area contributed by atoms with E-state index in [1.165, 1.54) is 0 Å². The number of carbonyl (C=O) groups excluding carboxylic acids is 1. The first-order valence-corrected chi connectivity index (χ1v) is 7.64. The summed E-state index contributed by atoms with van der Waals surface area (Å²) in [5.74, 6) is 0.680. The van der Waals surface area contributed by atoms with Gasteiger partial charge in [-0.2, -0.15) is 0 Å². The molecule has 5 heteroatoms. The van der Waals surface area contributed by atoms with Crippen LogP contribution in [0.25, 0.3) is 0 Å². The Bertz CT molecular complexity index is 639. The van der Waals surface area contributed by atoms with E-state index in [1.807, 2.05) is 49.4 Å². The molecule has 4 N–H and O–H groups in total. The Morgan fingerprint density at radius 2 is 1.87 bits per heavy atom. The lowest BCUT2D eigenvalue weighted by atomic mass is 10.1. The van der Waals surface area contributed by atoms with E-state index in [0.717, 1.165) is 23.5 Å². The third-order valence-corrected chi connectivity index (χ3v) is 3.43. The zero-order chi connectivity index (χ0) is 16.7. The summed E-state index contributed by atoms with van der Waals surface area (Å²) in [7, 11) is 1.63. The molecule has 0 aromatic heterocycles. The van der Waals surface area contributed by atoms with Gasteiger partial charge in [0, 0.05) is 18.3 Å². The first-order valence-electron chi connectivity index (χ1n) is 7.64. The van der Waals surface area contributed by atoms with E-state index in [4.69, 9.17) is 10.5 Å². The maximum atomic E-state index is 12.3. The number of hydrogen-bond donors (Lipinski definition) is 3. The molecule has 0 spiro atoms. The molecule has 0 saturated carbocycles. The predicted molar refractivity (Wildman–Crippen MR) is 93.3 cm³/mol. The van der Waals surface area contributed by atoms with Crippen molar-refractivity contribution in [2.75, 3.05) is 19.0 Å². The van der Waals surface area contributed by atoms with Crippen molar-refractivity contribution in [3.05, 3.63) is 54.1 Å². The van der Waals surface area contributed by atoms with Crippen molar-refractivity contribution >= 4 is 17.3 Å². The van der Waals surface area contributed by atoms with Gasteiger partial charge in [-0.05, 0) is 49.7 Å². The topological polar surface area (TPSA) is 76.4 Å². The van der Waals surface area contributed by atoms with Gasteiger partial charge in [0.05, 0.1) is 18.4 Å². The Morgan fingerprint density at radius 1 is 1.17 bits per heavy atom. The highest BCUT2D eigenvalue weighted by atomic mass is 16.5. The molecule has 2 aromatic rings. The molecular formula is C18H23N3O2. The Kier molecular flexibility index (Phi) is 6.00. The summed E-state index contributed by atoms with van der Waals surface area (Å²) in [5.41, 5.74) is 7.95. The van der Waals surface area contributed by atoms with Crippen LogP contribution in [0.2, 0.25) is 0 Å². The quantitative estimate of drug-likeness (QED) is 0.734. The average molecular weight is 313 g/mol. The maximum Gasteiger partial charge on any atom is 0.253 e. The number of ether oxygens (including phenoxy) is 1. The van der Waals surface area contributed by atoms with Gasteiger partial charge in [0.25, 0.3) is 5.91 Å². The van der Waals surface area contributed by atoms with Gasteiger partial charge in [-0.25, -0.2) is 0 Å². The molecule has 0 aliphatic carbocycles. The number of nitrogens with one attached hydrogen (secondary N) is 2. The minimum Gasteiger partial charge on any atom is -0.497 e. The number of rotatable bonds is 7. The molecule has 1 amide bonds. The van der Waals surface area contributed by atoms with E-state index in [2.05, 4.69) is 10.6 Å². The minimum atomic E-state index is -0.109. The largest absolute Gasteiger partial charge is 0.497 e. The van der Waals surface area contributed by atoms with Crippen LogP contribution in [-0.4, -0.2) is 25.6 Å². The smallest absolute Gasteiger partial charge is 0.253 e. The van der Waals surface area contributed by atoms with Gasteiger partial charge in [0.15, 0.2) is 0 Å². The SMILES string of the molecule is COc1ccc(Nc2ccccc2C(=O)NCCC(C)N)cc1. The summed E-state index contributed by atoms with van der Waals surface area (Å²) in [6.07, 6.45) is 0.750. The second-order valence-electron chi connectivity index (χ2n) is 5.42. The lowest BCUT2D eigenvalue weighted by Gasteiger charge is -2.13. The standard InChI is InChI=1S/C18H23N3O2/c1-13(19)11-12-20-18(22)16-5-3-4-6-17(16)21-14-7-9-15(23-2)10-8-14/h3-10,13,21H,11-12,19H2,1-2H3,(H,20,22). The van der Waals surface area contributed by atoms with Gasteiger partial charge in [0.1, 0.15) is 5.75 Å². The summed E-state index contributed by atoms with van der Waals surface area (Å²) in [4.78, 5) is 12.3. The Labute approximate surface area is 136 Å². The van der Waals surface area contributed by atoms with Crippen LogP contribution in [0.1, 0.15) is 23.7 Å². The summed E-state index contributed by atoms with van der Waals surface area (Å²) >= 11 is 0. The predicted octanol–water partition coefficient (Wildman–Crippen LogP) is 2.91. The maximum absolute atomic E-state index is 12.3. The summed E-state index contributed by atoms with van der Waals surface area (Å²) in [6, 6.07) is 15.0. The zero-order valence-electron chi connectivity index (χ0n) is 13.5. The van der Waals surface area contributed by atoms with Crippen molar-refractivity contribution < 1.29 is 9.53 Å². The monoisotopic (exact) mass is 313 g/mol. The van der Waals surface area contributed by atoms with Gasteiger partial charge in [-0.15, -0.1) is 0 Å². The van der Waals surface area contributed by atoms with Crippen LogP contribution in [-0.2, 0) is 0 Å². The molecule has 5 nitrogen and oxygen atoms in total. The van der Waals surface area contributed by atoms with E-state index in [9.17, 15) is 4.79 Å². The second-order valence-corrected chi connectivity index (χ2v) is 5.42. The highest BCUT2D eigenvalue weighted by Crippen LogP contribution is 2.22. The average Bonchev–Trinajstić information content (AvgIpc) is 2.55. The fourth-order valence-electron chi connectivity index (χ4n) is 2.13. The molecule has 1 unspecified atom stereocenters. The first kappa shape index (κ1) is 16.8. The summed E-state index contributed by atoms with van der Waals surface area (Å²) in [6.45, 7) is 2.48. The van der Waals surface area contributed by atoms with E-state index >= 15 is 0 Å². The van der Waals surface area contributed by atoms with E-state index < -0.39 is 0 Å². The molecule has 0 bridgehead atoms. The number of anilines is 2. The van der Waals surface area contributed by atoms with Crippen LogP contribution < -0.4 is 21.1 Å². The van der Waals surface area contributed by atoms with Gasteiger partial charge in [0.2, 0.25) is 0 Å². The van der Waals surface area contributed by atoms with Gasteiger partial charge in [-0.1, -0.05) is 12.1 Å². The Hall–Kier alpha value is -2.53. The third kappa shape index (κ3) is 5.00. The van der Waals surface area contributed by atoms with Crippen LogP contribution in [0.4, 0.5) is 11.4 Å². The minimum absolute atomic E-state index is 0.0722. The van der Waals surface area contributed by atoms with Gasteiger partial charge < -0.3 is 21.1 Å². The molecule has 0 saturated heterocycles. The van der Waals surface area contributed by atoms with Gasteiger partial charge >= 0.3 is 0 Å². The molecule has 0 aliphatic rings. The Morgan fingerprint density at radius 3 is 2.52 bits per heavy atom. The van der Waals surface area contributed by atoms with Crippen LogP contribution in [0.15, 0.2) is 48.5 Å². The molecule has 122 valence electrons. The molecule has 0 aliphatic heterocycles. The lowest BCUT2D eigenvalue weighted by Crippen LogP contribution is -2.29. The molecular weight excluding hydrogens is 290 g/mol. The molecule has 2 rings (SSSR count). The number of nitrogens with two attached hydrogens (primary N) is 1. The van der Waals surface area contributed by atoms with Crippen LogP contribution >= 0.6 is 0 Å². The highest BCUT2D eigenvalue weighted by Gasteiger charge is 2.11. The second kappa shape index (κ2) is 8.19. The molecule has 1 atom stereocenters. The highest BCUT2D eigenvalue weighted by molar-refractivity contribution is 6.00. The van der Waals surface area contributed by atoms with Crippen LogP contribution in [0, 0.1) is 0 Å². The number of amides is 1. The van der Waals surface area contributed by atoms with Crippen molar-refractivity contribution in [2.24, 2.45) is 5.73 Å². The molecule has 2 aromatic carbocycles. The molecule has 0 heterocycles. The van der Waals surface area contributed by atoms with Crippen LogP contribution in [0.3, 0.4) is 0 Å². The van der Waals surface area contributed by atoms with E-state index in [0.29, 0.717) is 12.1 Å². The lowest BCUT2D eigenvalue weighted by molar-refractivity contribution is 0.0953. The van der Waals surface area contributed by atoms with Gasteiger partial charge in [-0.3, -0.25) is 4.79 Å². The fraction of sp³-hybridized carbons (Fsp3) is 0.278. The van der Waals surface area contributed by atoms with E-state index in [1.54, 1.807) is 13.2 Å². The summed E-state index contributed by atoms with van der Waals surface area (Å²) in [5, 5.41) is 6.16. The molecule has 0 fully saturated rings. The Balaban J connectivity index is 2.08. The number of carbonyl (C=O) groups is 1. The van der Waals surface area contributed by atoms with Crippen molar-refractivity contribution in [3.63, 3.8) is 0 Å². The summed E-state index contributed by atoms with van der Waals surface area (Å²) < 4.78 is 5.14. The van der Waals surface area contributed by atoms with Crippen molar-refractivity contribution in [3.8, 4) is 5.75 Å². The normalized spacial score (nSPS) is 11.6. The number of methoxy groups -OCH3 is 1. The van der Waals surface area contributed by atoms with Crippen molar-refractivity contribution in [1.29, 1.82) is 0 Å². The molecule has 0 radical (unpaired) electrons. The number of para-hydroxylation sites is 1. The fourth-order valence-corrected chi connectivity index (χ4v) is 2.13. The number of benzene rings is 2. The van der Waals surface area contributed by atoms with Crippen molar-refractivity contribution in [1.82, 2.24) is 5.32 Å². The zero-order valence-corrected chi connectivity index (χ0v) is 13.5.